The molecule has 86 valence electrons. The van der Waals surface area contributed by atoms with Gasteiger partial charge in [-0.3, -0.25) is 4.66 Å². The molecule has 0 amide bonds. The first-order chi connectivity index (χ1) is 6.54. The standard InChI is InChI=1S/C6H13NO5.ClHO/c7-3(1-8)5(11)6(12)4(10)2-9;1-2/h1,3-6,9-12H,2,7H2;2H/t3-,4+,5+,6+;/m0./s1. The van der Waals surface area contributed by atoms with Gasteiger partial charge in [0.2, 0.25) is 0 Å². The van der Waals surface area contributed by atoms with Crippen molar-refractivity contribution in [2.75, 3.05) is 6.61 Å². The van der Waals surface area contributed by atoms with E-state index in [1.165, 1.54) is 0 Å². The van der Waals surface area contributed by atoms with Gasteiger partial charge in [-0.25, -0.2) is 0 Å². The van der Waals surface area contributed by atoms with Crippen LogP contribution in [0.15, 0.2) is 0 Å². The largest absolute Gasteiger partial charge is 0.394 e. The van der Waals surface area contributed by atoms with Gasteiger partial charge in [0.05, 0.1) is 24.5 Å². The number of hydrogen-bond acceptors (Lipinski definition) is 7. The summed E-state index contributed by atoms with van der Waals surface area (Å²) < 4.78 is 6.47. The highest BCUT2D eigenvalue weighted by Gasteiger charge is 2.28. The molecule has 4 atom stereocenters. The van der Waals surface area contributed by atoms with Crippen LogP contribution >= 0.6 is 11.9 Å². The molecule has 0 fully saturated rings. The Morgan fingerprint density at radius 1 is 1.21 bits per heavy atom. The van der Waals surface area contributed by atoms with Crippen LogP contribution in [0.5, 0.6) is 0 Å². The van der Waals surface area contributed by atoms with Crippen LogP contribution in [0.1, 0.15) is 0 Å². The van der Waals surface area contributed by atoms with Crippen molar-refractivity contribution in [3.63, 3.8) is 0 Å². The molecule has 0 rings (SSSR count). The summed E-state index contributed by atoms with van der Waals surface area (Å²) in [5, 5.41) is 35.2. The number of halogens is 1. The van der Waals surface area contributed by atoms with Gasteiger partial charge in [-0.1, -0.05) is 0 Å². The molecule has 0 aliphatic rings. The van der Waals surface area contributed by atoms with Crippen molar-refractivity contribution in [1.82, 2.24) is 0 Å². The number of aldehydes is 1. The van der Waals surface area contributed by atoms with Gasteiger partial charge < -0.3 is 31.0 Å². The lowest BCUT2D eigenvalue weighted by atomic mass is 10.0. The van der Waals surface area contributed by atoms with E-state index >= 15 is 0 Å². The van der Waals surface area contributed by atoms with Crippen LogP contribution in [0.3, 0.4) is 0 Å². The Kier molecular flexibility index (Phi) is 10.7. The number of nitrogens with two attached hydrogens (primary N) is 1. The summed E-state index contributed by atoms with van der Waals surface area (Å²) in [4.78, 5) is 10.0. The maximum atomic E-state index is 10.0. The summed E-state index contributed by atoms with van der Waals surface area (Å²) in [6.07, 6.45) is -4.43. The number of carbonyl (C=O) groups excluding carboxylic acids is 1. The van der Waals surface area contributed by atoms with E-state index in [9.17, 15) is 4.79 Å². The average Bonchev–Trinajstić information content (AvgIpc) is 2.27. The average molecular weight is 232 g/mol. The van der Waals surface area contributed by atoms with Gasteiger partial charge in [0.15, 0.2) is 0 Å². The minimum atomic E-state index is -1.62. The molecule has 0 unspecified atom stereocenters. The van der Waals surface area contributed by atoms with E-state index in [0.29, 0.717) is 0 Å². The molecular weight excluding hydrogens is 218 g/mol. The molecule has 0 radical (unpaired) electrons. The van der Waals surface area contributed by atoms with E-state index in [1.54, 1.807) is 0 Å². The van der Waals surface area contributed by atoms with Gasteiger partial charge in [-0.15, -0.1) is 0 Å². The van der Waals surface area contributed by atoms with E-state index < -0.39 is 31.0 Å². The third-order valence-corrected chi connectivity index (χ3v) is 1.48. The third-order valence-electron chi connectivity index (χ3n) is 1.48. The predicted octanol–water partition coefficient (Wildman–Crippen LogP) is -3.28. The summed E-state index contributed by atoms with van der Waals surface area (Å²) in [5.41, 5.74) is 5.04. The Morgan fingerprint density at radius 3 is 1.93 bits per heavy atom. The van der Waals surface area contributed by atoms with Crippen LogP contribution in [-0.2, 0) is 4.79 Å². The molecule has 0 bridgehead atoms. The number of rotatable bonds is 5. The molecular formula is C6H14ClNO6. The molecule has 0 aromatic carbocycles. The van der Waals surface area contributed by atoms with Crippen LogP contribution in [0, 0.1) is 0 Å². The van der Waals surface area contributed by atoms with E-state index in [0.717, 1.165) is 0 Å². The smallest absolute Gasteiger partial charge is 0.139 e. The lowest BCUT2D eigenvalue weighted by molar-refractivity contribution is -0.118. The number of hydrogen-bond donors (Lipinski definition) is 6. The lowest BCUT2D eigenvalue weighted by Crippen LogP contribution is -2.49. The molecule has 8 heteroatoms. The first kappa shape index (κ1) is 16.2. The van der Waals surface area contributed by atoms with Crippen molar-refractivity contribution in [2.24, 2.45) is 5.73 Å². The maximum absolute atomic E-state index is 10.0. The minimum absolute atomic E-state index is 0.248. The van der Waals surface area contributed by atoms with Gasteiger partial charge in [0.1, 0.15) is 24.6 Å². The first-order valence-electron chi connectivity index (χ1n) is 3.57. The fraction of sp³-hybridized carbons (Fsp3) is 0.833. The molecule has 0 aromatic heterocycles. The summed E-state index contributed by atoms with van der Waals surface area (Å²) in [5.74, 6) is 0. The van der Waals surface area contributed by atoms with Crippen molar-refractivity contribution in [3.8, 4) is 0 Å². The highest BCUT2D eigenvalue weighted by molar-refractivity contribution is 6.04. The van der Waals surface area contributed by atoms with Crippen molar-refractivity contribution >= 4 is 18.2 Å². The normalized spacial score (nSPS) is 18.5. The Labute approximate surface area is 85.5 Å². The Hall–Kier alpha value is -0.280. The fourth-order valence-corrected chi connectivity index (χ4v) is 0.644. The highest BCUT2D eigenvalue weighted by atomic mass is 35.5. The van der Waals surface area contributed by atoms with Crippen LogP contribution in [0.4, 0.5) is 0 Å². The molecule has 0 aromatic rings. The molecule has 7 nitrogen and oxygen atoms in total. The summed E-state index contributed by atoms with van der Waals surface area (Å²) in [7, 11) is 0. The van der Waals surface area contributed by atoms with Crippen LogP contribution in [-0.4, -0.2) is 62.3 Å². The van der Waals surface area contributed by atoms with Gasteiger partial charge in [-0.2, -0.15) is 0 Å². The maximum Gasteiger partial charge on any atom is 0.139 e. The SMILES string of the molecule is N[C@@H](C=O)[C@@H](O)[C@H](O)[C@H](O)CO.OCl. The molecule has 0 heterocycles. The molecule has 0 saturated heterocycles. The number of aliphatic hydroxyl groups excluding tert-OH is 4. The first-order valence-corrected chi connectivity index (χ1v) is 3.91. The quantitative estimate of drug-likeness (QED) is 0.272. The van der Waals surface area contributed by atoms with Gasteiger partial charge in [0, 0.05) is 0 Å². The van der Waals surface area contributed by atoms with E-state index in [-0.39, 0.29) is 6.29 Å². The summed E-state index contributed by atoms with van der Waals surface area (Å²) in [6.45, 7) is -0.705. The Balaban J connectivity index is 0. The lowest BCUT2D eigenvalue weighted by Gasteiger charge is -2.23. The van der Waals surface area contributed by atoms with E-state index in [1.807, 2.05) is 0 Å². The van der Waals surface area contributed by atoms with Crippen molar-refractivity contribution in [1.29, 1.82) is 0 Å². The number of aliphatic hydroxyl groups is 4. The zero-order chi connectivity index (χ0) is 11.7. The summed E-state index contributed by atoms with van der Waals surface area (Å²) >= 11 is 3.64. The zero-order valence-corrected chi connectivity index (χ0v) is 7.95. The minimum Gasteiger partial charge on any atom is -0.394 e. The predicted molar refractivity (Wildman–Crippen MR) is 47.2 cm³/mol. The molecule has 0 aliphatic heterocycles. The Morgan fingerprint density at radius 2 is 1.64 bits per heavy atom. The van der Waals surface area contributed by atoms with Gasteiger partial charge in [-0.05, 0) is 0 Å². The Bertz CT molecular complexity index is 148. The monoisotopic (exact) mass is 231 g/mol. The van der Waals surface area contributed by atoms with Gasteiger partial charge in [0.25, 0.3) is 0 Å². The van der Waals surface area contributed by atoms with Crippen LogP contribution in [0.25, 0.3) is 0 Å². The highest BCUT2D eigenvalue weighted by Crippen LogP contribution is 2.01. The van der Waals surface area contributed by atoms with E-state index in [2.05, 4.69) is 11.9 Å². The molecule has 7 N–H and O–H groups in total. The third kappa shape index (κ3) is 5.45. The molecule has 0 spiro atoms. The van der Waals surface area contributed by atoms with Crippen molar-refractivity contribution in [3.05, 3.63) is 0 Å². The zero-order valence-electron chi connectivity index (χ0n) is 7.19. The second kappa shape index (κ2) is 9.28. The molecule has 0 aliphatic carbocycles. The van der Waals surface area contributed by atoms with Crippen LogP contribution in [0.2, 0.25) is 0 Å². The van der Waals surface area contributed by atoms with Crippen molar-refractivity contribution in [2.45, 2.75) is 24.4 Å². The molecule has 0 saturated carbocycles. The number of carbonyl (C=O) groups is 1. The van der Waals surface area contributed by atoms with E-state index in [4.69, 9.17) is 30.8 Å². The van der Waals surface area contributed by atoms with Crippen LogP contribution < -0.4 is 5.73 Å². The van der Waals surface area contributed by atoms with Crippen molar-refractivity contribution < 1.29 is 29.9 Å². The topological polar surface area (TPSA) is 144 Å². The second-order valence-corrected chi connectivity index (χ2v) is 2.44. The van der Waals surface area contributed by atoms with Gasteiger partial charge >= 0.3 is 0 Å². The second-order valence-electron chi connectivity index (χ2n) is 2.44. The fourth-order valence-electron chi connectivity index (χ4n) is 0.644. The summed E-state index contributed by atoms with van der Waals surface area (Å²) in [6, 6.07) is -1.26. The molecule has 14 heavy (non-hydrogen) atoms.